The largest absolute Gasteiger partial charge is 0.478 e. The lowest BCUT2D eigenvalue weighted by Crippen LogP contribution is -2.48. The number of carboxylic acid groups (broad SMARTS) is 2. The molecule has 0 bridgehead atoms. The predicted molar refractivity (Wildman–Crippen MR) is 121 cm³/mol. The third kappa shape index (κ3) is 6.49. The van der Waals surface area contributed by atoms with Gasteiger partial charge in [-0.1, -0.05) is 11.6 Å². The Balaban J connectivity index is 0.000000371. The minimum Gasteiger partial charge on any atom is -0.478 e. The monoisotopic (exact) mass is 504 g/mol. The van der Waals surface area contributed by atoms with Crippen LogP contribution >= 0.6 is 11.6 Å². The molecule has 0 aromatic carbocycles. The van der Waals surface area contributed by atoms with E-state index in [4.69, 9.17) is 26.6 Å². The van der Waals surface area contributed by atoms with E-state index in [1.165, 1.54) is 23.5 Å². The highest BCUT2D eigenvalue weighted by molar-refractivity contribution is 6.30. The molecule has 13 nitrogen and oxygen atoms in total. The number of nitrogens with zero attached hydrogens (tertiary/aromatic N) is 6. The minimum atomic E-state index is -1.26. The van der Waals surface area contributed by atoms with Crippen LogP contribution in [0.15, 0.2) is 42.9 Å². The molecule has 14 heteroatoms. The lowest BCUT2D eigenvalue weighted by atomic mass is 10.3. The SMILES string of the molecule is CN1CCN(C(=O)O[C@H]2c3nccnc3C(=O)N2c2ccc(Cl)cn2)CC1.O=C(O)/C=C\C(=O)O. The van der Waals surface area contributed by atoms with Gasteiger partial charge in [0.15, 0.2) is 5.69 Å². The number of halogens is 1. The average molecular weight is 505 g/mol. The van der Waals surface area contributed by atoms with Crippen molar-refractivity contribution in [2.24, 2.45) is 0 Å². The molecule has 0 spiro atoms. The van der Waals surface area contributed by atoms with Crippen LogP contribution in [0.2, 0.25) is 5.02 Å². The highest BCUT2D eigenvalue weighted by atomic mass is 35.5. The molecule has 2 aromatic rings. The van der Waals surface area contributed by atoms with Crippen molar-refractivity contribution in [3.63, 3.8) is 0 Å². The number of likely N-dealkylation sites (N-methyl/N-ethyl adjacent to an activating group) is 1. The number of amides is 2. The Morgan fingerprint density at radius 1 is 1.03 bits per heavy atom. The summed E-state index contributed by atoms with van der Waals surface area (Å²) in [6, 6.07) is 3.20. The number of pyridine rings is 1. The smallest absolute Gasteiger partial charge is 0.412 e. The second-order valence-electron chi connectivity index (χ2n) is 7.34. The van der Waals surface area contributed by atoms with Gasteiger partial charge < -0.3 is 24.7 Å². The van der Waals surface area contributed by atoms with Crippen LogP contribution < -0.4 is 4.90 Å². The fourth-order valence-electron chi connectivity index (χ4n) is 3.18. The second kappa shape index (κ2) is 11.4. The number of fused-ring (bicyclic) bond motifs is 1. The highest BCUT2D eigenvalue weighted by Crippen LogP contribution is 2.35. The molecule has 1 saturated heterocycles. The Kier molecular flexibility index (Phi) is 8.28. The Morgan fingerprint density at radius 2 is 1.66 bits per heavy atom. The molecule has 0 aliphatic carbocycles. The van der Waals surface area contributed by atoms with Crippen molar-refractivity contribution in [3.05, 3.63) is 59.3 Å². The maximum Gasteiger partial charge on any atom is 0.412 e. The number of aliphatic carboxylic acids is 2. The number of aromatic nitrogens is 3. The average Bonchev–Trinajstić information content (AvgIpc) is 3.11. The van der Waals surface area contributed by atoms with Crippen molar-refractivity contribution < 1.29 is 34.1 Å². The fourth-order valence-corrected chi connectivity index (χ4v) is 3.29. The first-order chi connectivity index (χ1) is 16.7. The number of carbonyl (C=O) groups excluding carboxylic acids is 2. The van der Waals surface area contributed by atoms with Gasteiger partial charge in [0.2, 0.25) is 6.23 Å². The van der Waals surface area contributed by atoms with Gasteiger partial charge in [-0.2, -0.15) is 0 Å². The van der Waals surface area contributed by atoms with Gasteiger partial charge in [-0.25, -0.2) is 29.3 Å². The topological polar surface area (TPSA) is 166 Å². The van der Waals surface area contributed by atoms with E-state index in [0.717, 1.165) is 13.1 Å². The lowest BCUT2D eigenvalue weighted by molar-refractivity contribution is -0.134. The highest BCUT2D eigenvalue weighted by Gasteiger charge is 2.44. The van der Waals surface area contributed by atoms with Crippen LogP contribution in [0.25, 0.3) is 0 Å². The molecule has 0 radical (unpaired) electrons. The van der Waals surface area contributed by atoms with Gasteiger partial charge in [-0.05, 0) is 19.2 Å². The van der Waals surface area contributed by atoms with Crippen molar-refractivity contribution in [2.75, 3.05) is 38.1 Å². The van der Waals surface area contributed by atoms with Gasteiger partial charge in [0.05, 0.1) is 5.02 Å². The Hall–Kier alpha value is -4.10. The number of carbonyl (C=O) groups is 4. The predicted octanol–water partition coefficient (Wildman–Crippen LogP) is 1.28. The summed E-state index contributed by atoms with van der Waals surface area (Å²) in [5, 5.41) is 16.1. The first-order valence-corrected chi connectivity index (χ1v) is 10.6. The molecule has 2 aliphatic rings. The molecule has 184 valence electrons. The summed E-state index contributed by atoms with van der Waals surface area (Å²) in [7, 11) is 2.00. The van der Waals surface area contributed by atoms with Gasteiger partial charge in [-0.3, -0.25) is 9.78 Å². The van der Waals surface area contributed by atoms with E-state index < -0.39 is 30.2 Å². The Morgan fingerprint density at radius 3 is 2.23 bits per heavy atom. The minimum absolute atomic E-state index is 0.144. The number of hydrogen-bond donors (Lipinski definition) is 2. The van der Waals surface area contributed by atoms with E-state index >= 15 is 0 Å². The third-order valence-electron chi connectivity index (χ3n) is 4.92. The first-order valence-electron chi connectivity index (χ1n) is 10.2. The zero-order valence-corrected chi connectivity index (χ0v) is 19.2. The fraction of sp³-hybridized carbons (Fsp3) is 0.286. The number of piperazine rings is 1. The number of anilines is 1. The van der Waals surface area contributed by atoms with Crippen LogP contribution in [-0.2, 0) is 14.3 Å². The van der Waals surface area contributed by atoms with E-state index in [9.17, 15) is 19.2 Å². The van der Waals surface area contributed by atoms with Crippen LogP contribution in [0.1, 0.15) is 22.4 Å². The van der Waals surface area contributed by atoms with Crippen molar-refractivity contribution in [1.82, 2.24) is 24.8 Å². The number of hydrogen-bond acceptors (Lipinski definition) is 9. The molecule has 0 unspecified atom stereocenters. The Labute approximate surface area is 204 Å². The van der Waals surface area contributed by atoms with Gasteiger partial charge in [0, 0.05) is 56.9 Å². The summed E-state index contributed by atoms with van der Waals surface area (Å²) in [5.74, 6) is -2.63. The maximum atomic E-state index is 12.8. The molecule has 2 amide bonds. The van der Waals surface area contributed by atoms with E-state index in [2.05, 4.69) is 19.9 Å². The molecular formula is C21H21ClN6O7. The zero-order chi connectivity index (χ0) is 25.5. The molecule has 4 rings (SSSR count). The van der Waals surface area contributed by atoms with Crippen molar-refractivity contribution in [2.45, 2.75) is 6.23 Å². The van der Waals surface area contributed by atoms with E-state index in [0.29, 0.717) is 41.8 Å². The molecule has 2 aliphatic heterocycles. The first kappa shape index (κ1) is 25.5. The van der Waals surface area contributed by atoms with Crippen molar-refractivity contribution in [1.29, 1.82) is 0 Å². The summed E-state index contributed by atoms with van der Waals surface area (Å²) in [6.45, 7) is 2.64. The summed E-state index contributed by atoms with van der Waals surface area (Å²) in [4.78, 5) is 62.1. The third-order valence-corrected chi connectivity index (χ3v) is 5.14. The molecule has 1 fully saturated rings. The molecule has 2 N–H and O–H groups in total. The maximum absolute atomic E-state index is 12.8. The van der Waals surface area contributed by atoms with Gasteiger partial charge in [0.1, 0.15) is 11.5 Å². The lowest BCUT2D eigenvalue weighted by Gasteiger charge is -2.33. The summed E-state index contributed by atoms with van der Waals surface area (Å²) < 4.78 is 5.68. The standard InChI is InChI=1S/C17H17ClN6O3.C4H4O4/c1-22-6-8-23(9-7-22)17(26)27-16-14-13(19-4-5-20-14)15(25)24(16)12-3-2-11(18)10-21-12;5-3(6)1-2-4(7)8/h2-5,10,16H,6-9H2,1H3;1-2H,(H,5,6)(H,7,8)/b;2-1-/t16-;/m0./s1. The number of ether oxygens (including phenoxy) is 1. The molecule has 2 aromatic heterocycles. The number of carboxylic acids is 2. The molecular weight excluding hydrogens is 484 g/mol. The summed E-state index contributed by atoms with van der Waals surface area (Å²) >= 11 is 5.89. The van der Waals surface area contributed by atoms with E-state index in [1.54, 1.807) is 17.0 Å². The normalized spacial score (nSPS) is 17.5. The van der Waals surface area contributed by atoms with Crippen molar-refractivity contribution in [3.8, 4) is 0 Å². The van der Waals surface area contributed by atoms with E-state index in [1.807, 2.05) is 7.05 Å². The Bertz CT molecular complexity index is 1120. The molecule has 1 atom stereocenters. The summed E-state index contributed by atoms with van der Waals surface area (Å²) in [6.07, 6.45) is 3.90. The van der Waals surface area contributed by atoms with Crippen LogP contribution in [0.4, 0.5) is 10.6 Å². The van der Waals surface area contributed by atoms with Crippen LogP contribution in [0.5, 0.6) is 0 Å². The van der Waals surface area contributed by atoms with Gasteiger partial charge >= 0.3 is 18.0 Å². The van der Waals surface area contributed by atoms with Crippen molar-refractivity contribution >= 4 is 41.4 Å². The molecule has 0 saturated carbocycles. The van der Waals surface area contributed by atoms with E-state index in [-0.39, 0.29) is 5.69 Å². The molecule has 4 heterocycles. The van der Waals surface area contributed by atoms with Crippen LogP contribution in [-0.4, -0.2) is 92.1 Å². The quantitative estimate of drug-likeness (QED) is 0.575. The van der Waals surface area contributed by atoms with Gasteiger partial charge in [0.25, 0.3) is 5.91 Å². The number of rotatable bonds is 4. The van der Waals surface area contributed by atoms with Crippen LogP contribution in [0, 0.1) is 0 Å². The van der Waals surface area contributed by atoms with Gasteiger partial charge in [-0.15, -0.1) is 0 Å². The zero-order valence-electron chi connectivity index (χ0n) is 18.4. The van der Waals surface area contributed by atoms with Crippen LogP contribution in [0.3, 0.4) is 0 Å². The second-order valence-corrected chi connectivity index (χ2v) is 7.77. The molecule has 35 heavy (non-hydrogen) atoms. The summed E-state index contributed by atoms with van der Waals surface area (Å²) in [5.41, 5.74) is 0.437.